The molecule has 0 bridgehead atoms. The second-order valence-electron chi connectivity index (χ2n) is 7.04. The van der Waals surface area contributed by atoms with Crippen LogP contribution in [0.4, 0.5) is 10.3 Å². The average Bonchev–Trinajstić information content (AvgIpc) is 3.45. The van der Waals surface area contributed by atoms with Gasteiger partial charge in [0.15, 0.2) is 0 Å². The van der Waals surface area contributed by atoms with Crippen LogP contribution in [0.5, 0.6) is 5.75 Å². The molecule has 1 unspecified atom stereocenters. The van der Waals surface area contributed by atoms with Crippen LogP contribution in [-0.2, 0) is 16.1 Å². The summed E-state index contributed by atoms with van der Waals surface area (Å²) in [6, 6.07) is 5.43. The molecule has 0 saturated carbocycles. The van der Waals surface area contributed by atoms with Crippen molar-refractivity contribution in [3.05, 3.63) is 28.2 Å². The first kappa shape index (κ1) is 20.1. The van der Waals surface area contributed by atoms with Crippen LogP contribution < -0.4 is 19.9 Å². The lowest BCUT2D eigenvalue weighted by Crippen LogP contribution is -2.43. The number of nitrogens with one attached hydrogen (secondary N) is 1. The first-order valence-electron chi connectivity index (χ1n) is 9.57. The van der Waals surface area contributed by atoms with Crippen LogP contribution in [0.2, 0.25) is 0 Å². The van der Waals surface area contributed by atoms with Crippen molar-refractivity contribution in [1.82, 2.24) is 15.5 Å². The summed E-state index contributed by atoms with van der Waals surface area (Å²) in [7, 11) is 1.62. The number of anilines is 2. The van der Waals surface area contributed by atoms with Gasteiger partial charge in [-0.3, -0.25) is 14.5 Å². The second kappa shape index (κ2) is 8.66. The van der Waals surface area contributed by atoms with Gasteiger partial charge in [0, 0.05) is 36.1 Å². The number of amides is 2. The smallest absolute Gasteiger partial charge is 0.243 e. The quantitative estimate of drug-likeness (QED) is 0.685. The number of ether oxygens (including phenoxy) is 1. The zero-order valence-corrected chi connectivity index (χ0v) is 18.5. The minimum absolute atomic E-state index is 0.0430. The van der Waals surface area contributed by atoms with Gasteiger partial charge in [-0.15, -0.1) is 10.2 Å². The lowest BCUT2D eigenvalue weighted by atomic mass is 10.1. The van der Waals surface area contributed by atoms with Crippen LogP contribution in [0.1, 0.15) is 31.2 Å². The lowest BCUT2D eigenvalue weighted by Gasteiger charge is -2.23. The number of hydrogen-bond acceptors (Lipinski definition) is 7. The van der Waals surface area contributed by atoms with E-state index in [1.165, 1.54) is 11.3 Å². The third-order valence-corrected chi connectivity index (χ3v) is 6.68. The highest BCUT2D eigenvalue weighted by Gasteiger charge is 2.34. The largest absolute Gasteiger partial charge is 0.496 e. The molecule has 1 N–H and O–H groups in total. The SMILES string of the molecule is COc1ccc(Br)cc1CNC(=O)C1CCCN1c1nnc(N2CCCC2=O)s1. The summed E-state index contributed by atoms with van der Waals surface area (Å²) in [4.78, 5) is 28.5. The molecule has 0 radical (unpaired) electrons. The summed E-state index contributed by atoms with van der Waals surface area (Å²) in [5.74, 6) is 0.783. The zero-order valence-electron chi connectivity index (χ0n) is 16.1. The Labute approximate surface area is 181 Å². The number of hydrogen-bond donors (Lipinski definition) is 1. The van der Waals surface area contributed by atoms with E-state index < -0.39 is 0 Å². The van der Waals surface area contributed by atoms with E-state index in [9.17, 15) is 9.59 Å². The minimum atomic E-state index is -0.289. The topological polar surface area (TPSA) is 87.7 Å². The second-order valence-corrected chi connectivity index (χ2v) is 8.89. The van der Waals surface area contributed by atoms with Crippen molar-refractivity contribution >= 4 is 49.3 Å². The van der Waals surface area contributed by atoms with Crippen molar-refractivity contribution in [2.75, 3.05) is 30.0 Å². The fourth-order valence-electron chi connectivity index (χ4n) is 3.74. The molecule has 8 nitrogen and oxygen atoms in total. The summed E-state index contributed by atoms with van der Waals surface area (Å²) in [5.41, 5.74) is 0.908. The maximum Gasteiger partial charge on any atom is 0.243 e. The number of carbonyl (C=O) groups excluding carboxylic acids is 2. The zero-order chi connectivity index (χ0) is 20.4. The third-order valence-electron chi connectivity index (χ3n) is 5.20. The Morgan fingerprint density at radius 1 is 1.31 bits per heavy atom. The van der Waals surface area contributed by atoms with Gasteiger partial charge in [-0.05, 0) is 37.5 Å². The number of rotatable bonds is 6. The fourth-order valence-corrected chi connectivity index (χ4v) is 5.11. The minimum Gasteiger partial charge on any atom is -0.496 e. The molecule has 2 aromatic rings. The predicted molar refractivity (Wildman–Crippen MR) is 114 cm³/mol. The van der Waals surface area contributed by atoms with E-state index in [4.69, 9.17) is 4.74 Å². The van der Waals surface area contributed by atoms with Crippen LogP contribution >= 0.6 is 27.3 Å². The number of halogens is 1. The molecule has 0 aliphatic carbocycles. The first-order valence-corrected chi connectivity index (χ1v) is 11.2. The number of carbonyl (C=O) groups is 2. The van der Waals surface area contributed by atoms with E-state index in [2.05, 4.69) is 31.4 Å². The highest BCUT2D eigenvalue weighted by atomic mass is 79.9. The summed E-state index contributed by atoms with van der Waals surface area (Å²) >= 11 is 4.83. The molecule has 4 rings (SSSR count). The molecule has 1 atom stereocenters. The Balaban J connectivity index is 1.43. The number of aromatic nitrogens is 2. The molecule has 29 heavy (non-hydrogen) atoms. The predicted octanol–water partition coefficient (Wildman–Crippen LogP) is 2.72. The number of methoxy groups -OCH3 is 1. The fraction of sp³-hybridized carbons (Fsp3) is 0.474. The maximum atomic E-state index is 12.9. The molecule has 10 heteroatoms. The Hall–Kier alpha value is -2.20. The van der Waals surface area contributed by atoms with Crippen molar-refractivity contribution in [1.29, 1.82) is 0 Å². The normalized spacial score (nSPS) is 19.1. The summed E-state index contributed by atoms with van der Waals surface area (Å²) in [5, 5.41) is 12.8. The number of benzene rings is 1. The molecular weight excluding hydrogens is 458 g/mol. The Bertz CT molecular complexity index is 921. The van der Waals surface area contributed by atoms with Crippen molar-refractivity contribution in [2.24, 2.45) is 0 Å². The lowest BCUT2D eigenvalue weighted by molar-refractivity contribution is -0.122. The molecule has 3 heterocycles. The van der Waals surface area contributed by atoms with Crippen molar-refractivity contribution in [3.8, 4) is 5.75 Å². The Kier molecular flexibility index (Phi) is 6.00. The molecule has 2 saturated heterocycles. The van der Waals surface area contributed by atoms with Crippen molar-refractivity contribution < 1.29 is 14.3 Å². The summed E-state index contributed by atoms with van der Waals surface area (Å²) in [6.07, 6.45) is 3.08. The van der Waals surface area contributed by atoms with Crippen LogP contribution in [0.25, 0.3) is 0 Å². The third kappa shape index (κ3) is 4.23. The molecule has 154 valence electrons. The Morgan fingerprint density at radius 2 is 2.14 bits per heavy atom. The Morgan fingerprint density at radius 3 is 2.90 bits per heavy atom. The van der Waals surface area contributed by atoms with Gasteiger partial charge in [-0.2, -0.15) is 0 Å². The molecule has 1 aromatic carbocycles. The van der Waals surface area contributed by atoms with E-state index >= 15 is 0 Å². The van der Waals surface area contributed by atoms with E-state index in [0.29, 0.717) is 29.8 Å². The van der Waals surface area contributed by atoms with Gasteiger partial charge in [0.2, 0.25) is 22.1 Å². The van der Waals surface area contributed by atoms with Crippen LogP contribution in [-0.4, -0.2) is 48.3 Å². The monoisotopic (exact) mass is 479 g/mol. The van der Waals surface area contributed by atoms with Crippen molar-refractivity contribution in [2.45, 2.75) is 38.3 Å². The molecular formula is C19H22BrN5O3S. The number of nitrogens with zero attached hydrogens (tertiary/aromatic N) is 4. The van der Waals surface area contributed by atoms with Crippen molar-refractivity contribution in [3.63, 3.8) is 0 Å². The summed E-state index contributed by atoms with van der Waals surface area (Å²) < 4.78 is 6.31. The van der Waals surface area contributed by atoms with Crippen LogP contribution in [0.3, 0.4) is 0 Å². The van der Waals surface area contributed by atoms with E-state index in [-0.39, 0.29) is 17.9 Å². The van der Waals surface area contributed by atoms with E-state index in [1.54, 1.807) is 12.0 Å². The maximum absolute atomic E-state index is 12.9. The van der Waals surface area contributed by atoms with Crippen LogP contribution in [0, 0.1) is 0 Å². The van der Waals surface area contributed by atoms with Gasteiger partial charge in [-0.25, -0.2) is 0 Å². The molecule has 1 aromatic heterocycles. The highest BCUT2D eigenvalue weighted by molar-refractivity contribution is 9.10. The van der Waals surface area contributed by atoms with E-state index in [0.717, 1.165) is 41.6 Å². The van der Waals surface area contributed by atoms with Gasteiger partial charge >= 0.3 is 0 Å². The van der Waals surface area contributed by atoms with Gasteiger partial charge < -0.3 is 15.0 Å². The van der Waals surface area contributed by atoms with Gasteiger partial charge in [0.25, 0.3) is 0 Å². The average molecular weight is 480 g/mol. The van der Waals surface area contributed by atoms with Gasteiger partial charge in [-0.1, -0.05) is 27.3 Å². The van der Waals surface area contributed by atoms with Crippen LogP contribution in [0.15, 0.2) is 22.7 Å². The molecule has 2 amide bonds. The van der Waals surface area contributed by atoms with E-state index in [1.807, 2.05) is 23.1 Å². The molecule has 2 fully saturated rings. The molecule has 2 aliphatic rings. The van der Waals surface area contributed by atoms with Gasteiger partial charge in [0.1, 0.15) is 11.8 Å². The van der Waals surface area contributed by atoms with Gasteiger partial charge in [0.05, 0.1) is 7.11 Å². The summed E-state index contributed by atoms with van der Waals surface area (Å²) in [6.45, 7) is 1.82. The highest BCUT2D eigenvalue weighted by Crippen LogP contribution is 2.34. The molecule has 2 aliphatic heterocycles. The standard InChI is InChI=1S/C19H22BrN5O3S/c1-28-15-7-6-13(20)10-12(15)11-21-17(27)14-4-2-8-24(14)18-22-23-19(29-18)25-9-3-5-16(25)26/h6-7,10,14H,2-5,8-9,11H2,1H3,(H,21,27). The first-order chi connectivity index (χ1) is 14.1. The molecule has 0 spiro atoms.